The van der Waals surface area contributed by atoms with Gasteiger partial charge < -0.3 is 14.9 Å². The van der Waals surface area contributed by atoms with Crippen molar-refractivity contribution in [1.82, 2.24) is 4.90 Å². The van der Waals surface area contributed by atoms with E-state index in [1.165, 1.54) is 12.0 Å². The van der Waals surface area contributed by atoms with E-state index in [4.69, 9.17) is 4.74 Å². The summed E-state index contributed by atoms with van der Waals surface area (Å²) in [6.45, 7) is 2.15. The van der Waals surface area contributed by atoms with Gasteiger partial charge in [0.25, 0.3) is 0 Å². The number of carbonyl (C=O) groups excluding carboxylic acids is 1. The quantitative estimate of drug-likeness (QED) is 0.828. The van der Waals surface area contributed by atoms with Gasteiger partial charge >= 0.3 is 12.1 Å². The number of carboxylic acid groups (broad SMARTS) is 1. The predicted octanol–water partition coefficient (Wildman–Crippen LogP) is 1.72. The van der Waals surface area contributed by atoms with E-state index in [1.54, 1.807) is 0 Å². The van der Waals surface area contributed by atoms with E-state index in [1.807, 2.05) is 6.92 Å². The van der Waals surface area contributed by atoms with Crippen LogP contribution in [0.25, 0.3) is 0 Å². The summed E-state index contributed by atoms with van der Waals surface area (Å²) in [5.74, 6) is -0.123. The first-order valence-corrected chi connectivity index (χ1v) is 7.73. The molecule has 5 atom stereocenters. The fourth-order valence-electron chi connectivity index (χ4n) is 4.25. The van der Waals surface area contributed by atoms with E-state index in [2.05, 4.69) is 0 Å². The number of piperidine rings is 1. The first-order chi connectivity index (χ1) is 10.0. The minimum atomic E-state index is -0.969. The van der Waals surface area contributed by atoms with E-state index in [-0.39, 0.29) is 24.5 Å². The van der Waals surface area contributed by atoms with Gasteiger partial charge in [0.2, 0.25) is 0 Å². The molecule has 0 aromatic rings. The Bertz CT molecular complexity index is 400. The Hall–Kier alpha value is -1.30. The molecular weight excluding hydrogens is 274 g/mol. The van der Waals surface area contributed by atoms with E-state index in [0.717, 1.165) is 25.7 Å². The Morgan fingerprint density at radius 3 is 2.52 bits per heavy atom. The van der Waals surface area contributed by atoms with Gasteiger partial charge in [-0.2, -0.15) is 0 Å². The molecule has 1 amide bonds. The molecule has 6 heteroatoms. The maximum absolute atomic E-state index is 12.0. The lowest BCUT2D eigenvalue weighted by Crippen LogP contribution is -2.60. The molecule has 6 nitrogen and oxygen atoms in total. The van der Waals surface area contributed by atoms with Crippen molar-refractivity contribution in [3.05, 3.63) is 0 Å². The van der Waals surface area contributed by atoms with Gasteiger partial charge in [0.15, 0.2) is 0 Å². The SMILES string of the molecule is CCC1C2CCC(CO)CC2CC(C(=O)O)N1C(=O)OC. The number of aliphatic carboxylic acids is 1. The minimum absolute atomic E-state index is 0.0862. The zero-order valence-corrected chi connectivity index (χ0v) is 12.7. The molecule has 120 valence electrons. The van der Waals surface area contributed by atoms with Crippen LogP contribution in [0.2, 0.25) is 0 Å². The van der Waals surface area contributed by atoms with Gasteiger partial charge in [-0.05, 0) is 49.9 Å². The monoisotopic (exact) mass is 299 g/mol. The van der Waals surface area contributed by atoms with Crippen molar-refractivity contribution in [2.75, 3.05) is 13.7 Å². The van der Waals surface area contributed by atoms with E-state index in [9.17, 15) is 19.8 Å². The highest BCUT2D eigenvalue weighted by Crippen LogP contribution is 2.45. The number of ether oxygens (including phenoxy) is 1. The molecule has 0 bridgehead atoms. The summed E-state index contributed by atoms with van der Waals surface area (Å²) in [5, 5.41) is 18.8. The highest BCUT2D eigenvalue weighted by Gasteiger charge is 2.49. The third kappa shape index (κ3) is 3.00. The number of carboxylic acids is 1. The highest BCUT2D eigenvalue weighted by molar-refractivity contribution is 5.80. The summed E-state index contributed by atoms with van der Waals surface area (Å²) >= 11 is 0. The summed E-state index contributed by atoms with van der Waals surface area (Å²) in [6.07, 6.45) is 3.38. The molecule has 1 aliphatic heterocycles. The molecule has 1 saturated heterocycles. The zero-order chi connectivity index (χ0) is 15.6. The van der Waals surface area contributed by atoms with E-state index >= 15 is 0 Å². The zero-order valence-electron chi connectivity index (χ0n) is 12.7. The molecule has 0 aromatic carbocycles. The highest BCUT2D eigenvalue weighted by atomic mass is 16.5. The van der Waals surface area contributed by atoms with Crippen molar-refractivity contribution in [1.29, 1.82) is 0 Å². The van der Waals surface area contributed by atoms with Crippen LogP contribution in [0, 0.1) is 17.8 Å². The molecule has 0 aromatic heterocycles. The van der Waals surface area contributed by atoms with Crippen LogP contribution in [0.15, 0.2) is 0 Å². The fourth-order valence-corrected chi connectivity index (χ4v) is 4.25. The summed E-state index contributed by atoms with van der Waals surface area (Å²) in [5.41, 5.74) is 0. The molecule has 1 heterocycles. The van der Waals surface area contributed by atoms with Gasteiger partial charge in [-0.15, -0.1) is 0 Å². The Kier molecular flexibility index (Phi) is 5.08. The maximum Gasteiger partial charge on any atom is 0.410 e. The van der Waals surface area contributed by atoms with Crippen LogP contribution in [-0.2, 0) is 9.53 Å². The van der Waals surface area contributed by atoms with Crippen molar-refractivity contribution in [2.45, 2.75) is 51.1 Å². The first-order valence-electron chi connectivity index (χ1n) is 7.73. The van der Waals surface area contributed by atoms with E-state index < -0.39 is 18.1 Å². The average Bonchev–Trinajstić information content (AvgIpc) is 2.51. The Labute approximate surface area is 125 Å². The molecule has 21 heavy (non-hydrogen) atoms. The number of rotatable bonds is 3. The molecule has 2 N–H and O–H groups in total. The van der Waals surface area contributed by atoms with Gasteiger partial charge in [0, 0.05) is 12.6 Å². The molecule has 2 rings (SSSR count). The van der Waals surface area contributed by atoms with Crippen molar-refractivity contribution < 1.29 is 24.5 Å². The summed E-state index contributed by atoms with van der Waals surface area (Å²) < 4.78 is 4.81. The van der Waals surface area contributed by atoms with Gasteiger partial charge in [-0.1, -0.05) is 6.92 Å². The lowest BCUT2D eigenvalue weighted by molar-refractivity contribution is -0.149. The van der Waals surface area contributed by atoms with Crippen molar-refractivity contribution in [3.63, 3.8) is 0 Å². The van der Waals surface area contributed by atoms with Crippen LogP contribution in [-0.4, -0.2) is 53.0 Å². The summed E-state index contributed by atoms with van der Waals surface area (Å²) in [4.78, 5) is 25.1. The molecule has 2 fully saturated rings. The van der Waals surface area contributed by atoms with Crippen LogP contribution in [0.3, 0.4) is 0 Å². The second-order valence-corrected chi connectivity index (χ2v) is 6.23. The van der Waals surface area contributed by atoms with Crippen LogP contribution < -0.4 is 0 Å². The number of fused-ring (bicyclic) bond motifs is 1. The van der Waals surface area contributed by atoms with Crippen molar-refractivity contribution >= 4 is 12.1 Å². The van der Waals surface area contributed by atoms with Gasteiger partial charge in [-0.3, -0.25) is 4.90 Å². The first kappa shape index (κ1) is 16.1. The minimum Gasteiger partial charge on any atom is -0.480 e. The largest absolute Gasteiger partial charge is 0.480 e. The molecule has 1 aliphatic carbocycles. The smallest absolute Gasteiger partial charge is 0.410 e. The maximum atomic E-state index is 12.0. The van der Waals surface area contributed by atoms with Crippen LogP contribution >= 0.6 is 0 Å². The number of methoxy groups -OCH3 is 1. The number of hydrogen-bond donors (Lipinski definition) is 2. The molecule has 0 radical (unpaired) electrons. The average molecular weight is 299 g/mol. The Morgan fingerprint density at radius 1 is 1.29 bits per heavy atom. The number of hydrogen-bond acceptors (Lipinski definition) is 4. The number of amides is 1. The molecule has 0 spiro atoms. The predicted molar refractivity (Wildman–Crippen MR) is 75.8 cm³/mol. The van der Waals surface area contributed by atoms with Gasteiger partial charge in [-0.25, -0.2) is 9.59 Å². The van der Waals surface area contributed by atoms with Crippen LogP contribution in [0.4, 0.5) is 4.79 Å². The van der Waals surface area contributed by atoms with Crippen molar-refractivity contribution in [3.8, 4) is 0 Å². The van der Waals surface area contributed by atoms with Crippen molar-refractivity contribution in [2.24, 2.45) is 17.8 Å². The topological polar surface area (TPSA) is 87.1 Å². The second kappa shape index (κ2) is 6.64. The number of aliphatic hydroxyl groups is 1. The number of carbonyl (C=O) groups is 2. The lowest BCUT2D eigenvalue weighted by atomic mass is 9.65. The van der Waals surface area contributed by atoms with E-state index in [0.29, 0.717) is 12.3 Å². The number of nitrogens with zero attached hydrogens (tertiary/aromatic N) is 1. The van der Waals surface area contributed by atoms with Gasteiger partial charge in [0.05, 0.1) is 7.11 Å². The normalized spacial score (nSPS) is 36.0. The second-order valence-electron chi connectivity index (χ2n) is 6.23. The summed E-state index contributed by atoms with van der Waals surface area (Å²) in [6, 6.07) is -0.905. The molecule has 5 unspecified atom stereocenters. The Morgan fingerprint density at radius 2 is 2.00 bits per heavy atom. The fraction of sp³-hybridized carbons (Fsp3) is 0.867. The molecule has 1 saturated carbocycles. The Balaban J connectivity index is 2.26. The van der Waals surface area contributed by atoms with Gasteiger partial charge in [0.1, 0.15) is 6.04 Å². The third-order valence-corrected chi connectivity index (χ3v) is 5.21. The molecular formula is C15H25NO5. The van der Waals surface area contributed by atoms with Crippen LogP contribution in [0.1, 0.15) is 39.0 Å². The number of aliphatic hydroxyl groups excluding tert-OH is 1. The van der Waals surface area contributed by atoms with Crippen LogP contribution in [0.5, 0.6) is 0 Å². The number of likely N-dealkylation sites (tertiary alicyclic amines) is 1. The molecule has 2 aliphatic rings. The lowest BCUT2D eigenvalue weighted by Gasteiger charge is -2.50. The summed E-state index contributed by atoms with van der Waals surface area (Å²) in [7, 11) is 1.29. The third-order valence-electron chi connectivity index (χ3n) is 5.21. The standard InChI is InChI=1S/C15H25NO5/c1-3-12-11-5-4-9(8-17)6-10(11)7-13(14(18)19)16(12)15(20)21-2/h9-13,17H,3-8H2,1-2H3,(H,18,19).